The highest BCUT2D eigenvalue weighted by Gasteiger charge is 2.32. The molecule has 1 saturated carbocycles. The fourth-order valence-electron chi connectivity index (χ4n) is 2.09. The summed E-state index contributed by atoms with van der Waals surface area (Å²) in [5, 5.41) is 8.77. The number of nitrogens with zero attached hydrogens (tertiary/aromatic N) is 2. The zero-order valence-electron chi connectivity index (χ0n) is 9.92. The van der Waals surface area contributed by atoms with Gasteiger partial charge in [0.15, 0.2) is 0 Å². The van der Waals surface area contributed by atoms with Gasteiger partial charge in [0.25, 0.3) is 0 Å². The Hall–Kier alpha value is -1.04. The van der Waals surface area contributed by atoms with Crippen molar-refractivity contribution in [3.63, 3.8) is 0 Å². The number of nitriles is 1. The van der Waals surface area contributed by atoms with Crippen LogP contribution in [0.2, 0.25) is 0 Å². The summed E-state index contributed by atoms with van der Waals surface area (Å²) >= 11 is 0. The predicted octanol–water partition coefficient (Wildman–Crippen LogP) is 2.33. The number of hydrogen-bond donors (Lipinski definition) is 0. The molecule has 1 fully saturated rings. The Morgan fingerprint density at radius 2 is 1.93 bits per heavy atom. The second-order valence-electron chi connectivity index (χ2n) is 5.28. The number of carbonyl (C=O) groups is 1. The fraction of sp³-hybridized carbons (Fsp3) is 0.833. The fourth-order valence-corrected chi connectivity index (χ4v) is 2.09. The van der Waals surface area contributed by atoms with E-state index in [4.69, 9.17) is 5.26 Å². The first-order valence-corrected chi connectivity index (χ1v) is 5.65. The van der Waals surface area contributed by atoms with Crippen molar-refractivity contribution in [2.24, 2.45) is 5.41 Å². The summed E-state index contributed by atoms with van der Waals surface area (Å²) in [6.45, 7) is 5.97. The average molecular weight is 208 g/mol. The third kappa shape index (κ3) is 2.95. The molecule has 0 heterocycles. The molecule has 0 aromatic carbocycles. The molecule has 0 atom stereocenters. The van der Waals surface area contributed by atoms with Crippen LogP contribution in [0.25, 0.3) is 0 Å². The second-order valence-corrected chi connectivity index (χ2v) is 5.28. The summed E-state index contributed by atoms with van der Waals surface area (Å²) in [5.41, 5.74) is -0.376. The Bertz CT molecular complexity index is 266. The van der Waals surface area contributed by atoms with Crippen LogP contribution in [0.15, 0.2) is 0 Å². The molecule has 0 N–H and O–H groups in total. The summed E-state index contributed by atoms with van der Waals surface area (Å²) in [5.74, 6) is 0.107. The van der Waals surface area contributed by atoms with Crippen LogP contribution in [0, 0.1) is 16.7 Å². The highest BCUT2D eigenvalue weighted by atomic mass is 16.2. The second kappa shape index (κ2) is 4.65. The smallest absolute Gasteiger partial charge is 0.229 e. The maximum absolute atomic E-state index is 12.1. The van der Waals surface area contributed by atoms with Gasteiger partial charge in [0, 0.05) is 11.5 Å². The van der Waals surface area contributed by atoms with Gasteiger partial charge in [0.1, 0.15) is 6.54 Å². The zero-order valence-corrected chi connectivity index (χ0v) is 9.92. The van der Waals surface area contributed by atoms with Gasteiger partial charge < -0.3 is 4.90 Å². The van der Waals surface area contributed by atoms with E-state index in [1.807, 2.05) is 20.8 Å². The van der Waals surface area contributed by atoms with Gasteiger partial charge >= 0.3 is 0 Å². The van der Waals surface area contributed by atoms with E-state index in [0.717, 1.165) is 12.8 Å². The Balaban J connectivity index is 2.73. The molecule has 0 aromatic heterocycles. The molecule has 3 nitrogen and oxygen atoms in total. The van der Waals surface area contributed by atoms with E-state index in [0.29, 0.717) is 6.04 Å². The normalized spacial score (nSPS) is 17.5. The van der Waals surface area contributed by atoms with Crippen LogP contribution in [-0.2, 0) is 4.79 Å². The zero-order chi connectivity index (χ0) is 11.5. The lowest BCUT2D eigenvalue weighted by atomic mass is 9.93. The monoisotopic (exact) mass is 208 g/mol. The number of rotatable bonds is 2. The van der Waals surface area contributed by atoms with Crippen molar-refractivity contribution in [1.29, 1.82) is 5.26 Å². The van der Waals surface area contributed by atoms with Gasteiger partial charge in [-0.2, -0.15) is 5.26 Å². The molecule has 0 aliphatic heterocycles. The molecule has 84 valence electrons. The summed E-state index contributed by atoms with van der Waals surface area (Å²) in [6.07, 6.45) is 4.49. The molecule has 0 saturated heterocycles. The van der Waals surface area contributed by atoms with E-state index in [1.54, 1.807) is 4.90 Å². The van der Waals surface area contributed by atoms with E-state index in [1.165, 1.54) is 12.8 Å². The molecule has 15 heavy (non-hydrogen) atoms. The maximum atomic E-state index is 12.1. The molecule has 0 bridgehead atoms. The van der Waals surface area contributed by atoms with Crippen LogP contribution in [-0.4, -0.2) is 23.4 Å². The SMILES string of the molecule is CC(C)(C)C(=O)N(CC#N)C1CCCC1. The van der Waals surface area contributed by atoms with Crippen LogP contribution >= 0.6 is 0 Å². The molecule has 1 aliphatic rings. The summed E-state index contributed by atoms with van der Waals surface area (Å²) in [4.78, 5) is 13.9. The van der Waals surface area contributed by atoms with Gasteiger partial charge in [-0.1, -0.05) is 33.6 Å². The van der Waals surface area contributed by atoms with Crippen LogP contribution in [0.4, 0.5) is 0 Å². The van der Waals surface area contributed by atoms with Gasteiger partial charge in [-0.3, -0.25) is 4.79 Å². The van der Waals surface area contributed by atoms with Gasteiger partial charge in [-0.15, -0.1) is 0 Å². The van der Waals surface area contributed by atoms with Gasteiger partial charge in [-0.05, 0) is 12.8 Å². The molecule has 1 rings (SSSR count). The van der Waals surface area contributed by atoms with Gasteiger partial charge in [-0.25, -0.2) is 0 Å². The Labute approximate surface area is 92.1 Å². The van der Waals surface area contributed by atoms with Crippen molar-refractivity contribution in [2.45, 2.75) is 52.5 Å². The van der Waals surface area contributed by atoms with Crippen molar-refractivity contribution in [1.82, 2.24) is 4.90 Å². The first kappa shape index (κ1) is 12.0. The first-order valence-electron chi connectivity index (χ1n) is 5.65. The van der Waals surface area contributed by atoms with Crippen LogP contribution < -0.4 is 0 Å². The third-order valence-corrected chi connectivity index (χ3v) is 2.91. The molecule has 0 unspecified atom stereocenters. The minimum atomic E-state index is -0.376. The van der Waals surface area contributed by atoms with Crippen molar-refractivity contribution < 1.29 is 4.79 Å². The van der Waals surface area contributed by atoms with E-state index >= 15 is 0 Å². The van der Waals surface area contributed by atoms with Gasteiger partial charge in [0.05, 0.1) is 6.07 Å². The lowest BCUT2D eigenvalue weighted by Gasteiger charge is -2.32. The van der Waals surface area contributed by atoms with E-state index in [9.17, 15) is 4.79 Å². The molecule has 1 amide bonds. The minimum absolute atomic E-state index is 0.107. The highest BCUT2D eigenvalue weighted by Crippen LogP contribution is 2.27. The molecule has 1 aliphatic carbocycles. The van der Waals surface area contributed by atoms with E-state index in [2.05, 4.69) is 6.07 Å². The van der Waals surface area contributed by atoms with Crippen LogP contribution in [0.3, 0.4) is 0 Å². The lowest BCUT2D eigenvalue weighted by molar-refractivity contribution is -0.141. The summed E-state index contributed by atoms with van der Waals surface area (Å²) in [6, 6.07) is 2.40. The minimum Gasteiger partial charge on any atom is -0.326 e. The van der Waals surface area contributed by atoms with Gasteiger partial charge in [0.2, 0.25) is 5.91 Å². The van der Waals surface area contributed by atoms with Crippen molar-refractivity contribution in [3.05, 3.63) is 0 Å². The molecule has 0 radical (unpaired) electrons. The molecule has 3 heteroatoms. The summed E-state index contributed by atoms with van der Waals surface area (Å²) in [7, 11) is 0. The topological polar surface area (TPSA) is 44.1 Å². The maximum Gasteiger partial charge on any atom is 0.229 e. The first-order chi connectivity index (χ1) is 6.96. The largest absolute Gasteiger partial charge is 0.326 e. The predicted molar refractivity (Wildman–Crippen MR) is 59.0 cm³/mol. The number of amides is 1. The van der Waals surface area contributed by atoms with Crippen molar-refractivity contribution >= 4 is 5.91 Å². The molecule has 0 aromatic rings. The molecule has 0 spiro atoms. The molecular formula is C12H20N2O. The Morgan fingerprint density at radius 1 is 1.40 bits per heavy atom. The average Bonchev–Trinajstić information content (AvgIpc) is 2.64. The highest BCUT2D eigenvalue weighted by molar-refractivity contribution is 5.82. The van der Waals surface area contributed by atoms with Crippen molar-refractivity contribution in [2.75, 3.05) is 6.54 Å². The number of carbonyl (C=O) groups excluding carboxylic acids is 1. The van der Waals surface area contributed by atoms with E-state index in [-0.39, 0.29) is 17.9 Å². The Morgan fingerprint density at radius 3 is 2.33 bits per heavy atom. The quantitative estimate of drug-likeness (QED) is 0.654. The van der Waals surface area contributed by atoms with E-state index < -0.39 is 0 Å². The lowest BCUT2D eigenvalue weighted by Crippen LogP contribution is -2.45. The number of hydrogen-bond acceptors (Lipinski definition) is 2. The Kier molecular flexibility index (Phi) is 3.73. The molecular weight excluding hydrogens is 188 g/mol. The van der Waals surface area contributed by atoms with Crippen LogP contribution in [0.5, 0.6) is 0 Å². The standard InChI is InChI=1S/C12H20N2O/c1-12(2,3)11(15)14(9-8-13)10-6-4-5-7-10/h10H,4-7,9H2,1-3H3. The third-order valence-electron chi connectivity index (χ3n) is 2.91. The summed E-state index contributed by atoms with van der Waals surface area (Å²) < 4.78 is 0. The van der Waals surface area contributed by atoms with Crippen LogP contribution in [0.1, 0.15) is 46.5 Å². The van der Waals surface area contributed by atoms with Crippen molar-refractivity contribution in [3.8, 4) is 6.07 Å².